The van der Waals surface area contributed by atoms with Gasteiger partial charge in [0.2, 0.25) is 5.91 Å². The van der Waals surface area contributed by atoms with Crippen LogP contribution in [0.3, 0.4) is 0 Å². The summed E-state index contributed by atoms with van der Waals surface area (Å²) < 4.78 is 5.56. The maximum atomic E-state index is 12.5. The van der Waals surface area contributed by atoms with Crippen molar-refractivity contribution in [2.45, 2.75) is 44.2 Å². The molecule has 0 spiro atoms. The summed E-state index contributed by atoms with van der Waals surface area (Å²) >= 11 is 1.44. The fraction of sp³-hybridized carbons (Fsp3) is 0.333. The first-order valence-corrected chi connectivity index (χ1v) is 10.2. The maximum absolute atomic E-state index is 12.5. The van der Waals surface area contributed by atoms with Crippen LogP contribution in [0.5, 0.6) is 0 Å². The second kappa shape index (κ2) is 8.36. The van der Waals surface area contributed by atoms with Gasteiger partial charge in [-0.1, -0.05) is 18.2 Å². The van der Waals surface area contributed by atoms with Gasteiger partial charge in [0.1, 0.15) is 11.8 Å². The Bertz CT molecular complexity index is 1000. The fourth-order valence-electron chi connectivity index (χ4n) is 3.66. The summed E-state index contributed by atoms with van der Waals surface area (Å²) in [5.41, 5.74) is 2.22. The lowest BCUT2D eigenvalue weighted by molar-refractivity contribution is -0.121. The summed E-state index contributed by atoms with van der Waals surface area (Å²) in [6, 6.07) is 14.2. The molecule has 0 saturated heterocycles. The molecule has 0 radical (unpaired) electrons. The number of hydrogen-bond donors (Lipinski definition) is 2. The topological polar surface area (TPSA) is 90.7 Å². The first kappa shape index (κ1) is 18.4. The van der Waals surface area contributed by atoms with Crippen molar-refractivity contribution in [2.24, 2.45) is 0 Å². The summed E-state index contributed by atoms with van der Waals surface area (Å²) in [4.78, 5) is 16.5. The minimum atomic E-state index is 0.0451. The van der Waals surface area contributed by atoms with Crippen molar-refractivity contribution >= 4 is 33.2 Å². The van der Waals surface area contributed by atoms with Crippen molar-refractivity contribution in [2.75, 3.05) is 5.32 Å². The Kier molecular flexibility index (Phi) is 5.49. The number of amides is 1. The minimum absolute atomic E-state index is 0.0451. The van der Waals surface area contributed by atoms with Crippen molar-refractivity contribution in [3.05, 3.63) is 54.0 Å². The van der Waals surface area contributed by atoms with Crippen molar-refractivity contribution in [3.63, 3.8) is 0 Å². The summed E-state index contributed by atoms with van der Waals surface area (Å²) in [5, 5.41) is 16.5. The molecule has 0 bridgehead atoms. The van der Waals surface area contributed by atoms with Gasteiger partial charge in [0.05, 0.1) is 28.7 Å². The molecule has 1 fully saturated rings. The van der Waals surface area contributed by atoms with E-state index in [4.69, 9.17) is 5.26 Å². The molecule has 2 heterocycles. The van der Waals surface area contributed by atoms with Crippen LogP contribution in [0.25, 0.3) is 10.1 Å². The number of hydrogen-bond acceptors (Lipinski definition) is 6. The number of anilines is 1. The van der Waals surface area contributed by atoms with Crippen molar-refractivity contribution < 1.29 is 4.79 Å². The fourth-order valence-corrected chi connectivity index (χ4v) is 4.45. The first-order valence-electron chi connectivity index (χ1n) is 9.46. The molecule has 0 atom stereocenters. The van der Waals surface area contributed by atoms with Gasteiger partial charge in [-0.3, -0.25) is 4.79 Å². The van der Waals surface area contributed by atoms with Gasteiger partial charge < -0.3 is 10.6 Å². The van der Waals surface area contributed by atoms with E-state index in [-0.39, 0.29) is 11.9 Å². The SMILES string of the molecule is N#Cc1ccc(NC2CCC(NC(=O)Cc3nsc4ccccc34)CC2)cn1. The molecule has 1 amide bonds. The van der Waals surface area contributed by atoms with Crippen molar-refractivity contribution in [1.29, 1.82) is 5.26 Å². The number of nitrogens with one attached hydrogen (secondary N) is 2. The van der Waals surface area contributed by atoms with E-state index in [1.807, 2.05) is 36.4 Å². The number of nitriles is 1. The van der Waals surface area contributed by atoms with E-state index in [1.54, 1.807) is 12.3 Å². The Morgan fingerprint density at radius 1 is 1.14 bits per heavy atom. The number of fused-ring (bicyclic) bond motifs is 1. The molecule has 1 aliphatic rings. The second-order valence-electron chi connectivity index (χ2n) is 7.11. The standard InChI is InChI=1S/C21H21N5OS/c22-12-16-9-10-17(13-23-16)24-14-5-7-15(8-6-14)25-21(27)11-19-18-3-1-2-4-20(18)28-26-19/h1-4,9-10,13-15,24H,5-8,11H2,(H,25,27). The molecule has 0 aliphatic heterocycles. The monoisotopic (exact) mass is 391 g/mol. The van der Waals surface area contributed by atoms with E-state index >= 15 is 0 Å². The molecule has 28 heavy (non-hydrogen) atoms. The average molecular weight is 392 g/mol. The highest BCUT2D eigenvalue weighted by atomic mass is 32.1. The number of carbonyl (C=O) groups is 1. The second-order valence-corrected chi connectivity index (χ2v) is 7.91. The number of rotatable bonds is 5. The van der Waals surface area contributed by atoms with E-state index in [2.05, 4.69) is 20.0 Å². The summed E-state index contributed by atoms with van der Waals surface area (Å²) in [5.74, 6) is 0.0451. The van der Waals surface area contributed by atoms with Crippen LogP contribution >= 0.6 is 11.5 Å². The van der Waals surface area contributed by atoms with Gasteiger partial charge in [-0.2, -0.15) is 9.64 Å². The molecule has 0 unspecified atom stereocenters. The quantitative estimate of drug-likeness (QED) is 0.693. The highest BCUT2D eigenvalue weighted by Crippen LogP contribution is 2.24. The third kappa shape index (κ3) is 4.29. The van der Waals surface area contributed by atoms with Crippen LogP contribution < -0.4 is 10.6 Å². The number of nitrogens with zero attached hydrogens (tertiary/aromatic N) is 3. The molecule has 1 aliphatic carbocycles. The Hall–Kier alpha value is -2.98. The van der Waals surface area contributed by atoms with Gasteiger partial charge in [0.25, 0.3) is 0 Å². The Morgan fingerprint density at radius 2 is 1.93 bits per heavy atom. The minimum Gasteiger partial charge on any atom is -0.381 e. The van der Waals surface area contributed by atoms with Crippen LogP contribution in [0.2, 0.25) is 0 Å². The smallest absolute Gasteiger partial charge is 0.226 e. The number of aromatic nitrogens is 2. The Balaban J connectivity index is 1.26. The first-order chi connectivity index (χ1) is 13.7. The molecule has 142 valence electrons. The molecule has 4 rings (SSSR count). The zero-order valence-electron chi connectivity index (χ0n) is 15.4. The van der Waals surface area contributed by atoms with Crippen LogP contribution in [0.1, 0.15) is 37.1 Å². The van der Waals surface area contributed by atoms with E-state index in [0.717, 1.165) is 47.2 Å². The normalized spacial score (nSPS) is 19.1. The summed E-state index contributed by atoms with van der Waals surface area (Å²) in [6.45, 7) is 0. The molecule has 1 aromatic carbocycles. The molecular weight excluding hydrogens is 370 g/mol. The molecule has 3 aromatic rings. The van der Waals surface area contributed by atoms with Crippen LogP contribution in [0.15, 0.2) is 42.6 Å². The number of carbonyl (C=O) groups excluding carboxylic acids is 1. The summed E-state index contributed by atoms with van der Waals surface area (Å²) in [6.07, 6.45) is 5.91. The molecule has 1 saturated carbocycles. The zero-order valence-corrected chi connectivity index (χ0v) is 16.2. The van der Waals surface area contributed by atoms with Crippen LogP contribution in [0, 0.1) is 11.3 Å². The van der Waals surface area contributed by atoms with Gasteiger partial charge in [0, 0.05) is 17.5 Å². The van der Waals surface area contributed by atoms with E-state index < -0.39 is 0 Å². The molecule has 7 heteroatoms. The largest absolute Gasteiger partial charge is 0.381 e. The lowest BCUT2D eigenvalue weighted by atomic mass is 9.91. The predicted octanol–water partition coefficient (Wildman–Crippen LogP) is 3.64. The average Bonchev–Trinajstić information content (AvgIpc) is 3.13. The highest BCUT2D eigenvalue weighted by molar-refractivity contribution is 7.13. The number of benzene rings is 1. The number of pyridine rings is 1. The highest BCUT2D eigenvalue weighted by Gasteiger charge is 2.23. The summed E-state index contributed by atoms with van der Waals surface area (Å²) in [7, 11) is 0. The van der Waals surface area contributed by atoms with Crippen molar-refractivity contribution in [1.82, 2.24) is 14.7 Å². The maximum Gasteiger partial charge on any atom is 0.226 e. The van der Waals surface area contributed by atoms with Gasteiger partial charge in [0.15, 0.2) is 0 Å². The third-order valence-corrected chi connectivity index (χ3v) is 5.99. The van der Waals surface area contributed by atoms with Crippen molar-refractivity contribution in [3.8, 4) is 6.07 Å². The molecular formula is C21H21N5OS. The van der Waals surface area contributed by atoms with Gasteiger partial charge >= 0.3 is 0 Å². The van der Waals surface area contributed by atoms with E-state index in [9.17, 15) is 4.79 Å². The third-order valence-electron chi connectivity index (χ3n) is 5.12. The Labute approximate surface area is 167 Å². The molecule has 6 nitrogen and oxygen atoms in total. The zero-order chi connectivity index (χ0) is 19.3. The van der Waals surface area contributed by atoms with E-state index in [0.29, 0.717) is 18.2 Å². The Morgan fingerprint density at radius 3 is 2.68 bits per heavy atom. The van der Waals surface area contributed by atoms with Crippen LogP contribution in [-0.4, -0.2) is 27.3 Å². The van der Waals surface area contributed by atoms with Crippen LogP contribution in [-0.2, 0) is 11.2 Å². The lowest BCUT2D eigenvalue weighted by Gasteiger charge is -2.30. The van der Waals surface area contributed by atoms with Gasteiger partial charge in [-0.15, -0.1) is 0 Å². The van der Waals surface area contributed by atoms with Crippen LogP contribution in [0.4, 0.5) is 5.69 Å². The molecule has 2 aromatic heterocycles. The van der Waals surface area contributed by atoms with Gasteiger partial charge in [-0.25, -0.2) is 4.98 Å². The predicted molar refractivity (Wildman–Crippen MR) is 110 cm³/mol. The lowest BCUT2D eigenvalue weighted by Crippen LogP contribution is -2.40. The molecule has 2 N–H and O–H groups in total. The van der Waals surface area contributed by atoms with Gasteiger partial charge in [-0.05, 0) is 55.4 Å². The van der Waals surface area contributed by atoms with E-state index in [1.165, 1.54) is 11.5 Å².